The van der Waals surface area contributed by atoms with Gasteiger partial charge in [-0.2, -0.15) is 0 Å². The molecule has 1 aliphatic rings. The normalized spacial score (nSPS) is 16.9. The lowest BCUT2D eigenvalue weighted by Gasteiger charge is -2.01. The zero-order valence-corrected chi connectivity index (χ0v) is 15.9. The molecule has 7 nitrogen and oxygen atoms in total. The van der Waals surface area contributed by atoms with Crippen LogP contribution >= 0.6 is 39.3 Å². The van der Waals surface area contributed by atoms with Crippen molar-refractivity contribution in [1.82, 2.24) is 5.32 Å². The first-order valence-corrected chi connectivity index (χ1v) is 9.05. The molecule has 2 aromatic rings. The first-order valence-electron chi connectivity index (χ1n) is 7.06. The van der Waals surface area contributed by atoms with Crippen LogP contribution in [0.5, 0.6) is 5.75 Å². The van der Waals surface area contributed by atoms with E-state index in [0.717, 1.165) is 11.8 Å². The van der Waals surface area contributed by atoms with Gasteiger partial charge in [-0.3, -0.25) is 14.9 Å². The molecule has 0 saturated carbocycles. The number of carbonyl (C=O) groups is 1. The number of phenolic OH excluding ortho intramolecular Hbond substituents is 1. The average Bonchev–Trinajstić information content (AvgIpc) is 2.92. The number of benzene rings is 2. The van der Waals surface area contributed by atoms with Gasteiger partial charge in [-0.05, 0) is 57.5 Å². The number of para-hydroxylation sites is 1. The molecule has 1 amide bonds. The standard InChI is InChI=1S/C16H9BrClN3O4S/c17-9-5-8(6-12(14(9)22)21(24)25)7-13-15(23)20-16(26-13)19-11-4-2-1-3-10(11)18/h1-7,22H,(H,19,20,23)/b13-7+. The summed E-state index contributed by atoms with van der Waals surface area (Å²) in [7, 11) is 0. The molecule has 1 fully saturated rings. The van der Waals surface area contributed by atoms with E-state index in [-0.39, 0.29) is 10.4 Å². The summed E-state index contributed by atoms with van der Waals surface area (Å²) in [4.78, 5) is 27.0. The monoisotopic (exact) mass is 453 g/mol. The van der Waals surface area contributed by atoms with E-state index in [4.69, 9.17) is 11.6 Å². The van der Waals surface area contributed by atoms with Crippen molar-refractivity contribution in [3.63, 3.8) is 0 Å². The van der Waals surface area contributed by atoms with Gasteiger partial charge >= 0.3 is 5.69 Å². The van der Waals surface area contributed by atoms with Gasteiger partial charge < -0.3 is 10.4 Å². The van der Waals surface area contributed by atoms with Crippen molar-refractivity contribution < 1.29 is 14.8 Å². The molecule has 2 N–H and O–H groups in total. The molecule has 2 aromatic carbocycles. The molecule has 3 rings (SSSR count). The number of thioether (sulfide) groups is 1. The van der Waals surface area contributed by atoms with E-state index in [9.17, 15) is 20.0 Å². The largest absolute Gasteiger partial charge is 0.501 e. The predicted octanol–water partition coefficient (Wildman–Crippen LogP) is 4.61. The van der Waals surface area contributed by atoms with Crippen molar-refractivity contribution in [2.45, 2.75) is 0 Å². The number of halogens is 2. The van der Waals surface area contributed by atoms with E-state index in [1.165, 1.54) is 18.2 Å². The molecule has 0 bridgehead atoms. The summed E-state index contributed by atoms with van der Waals surface area (Å²) in [6, 6.07) is 9.61. The van der Waals surface area contributed by atoms with Gasteiger partial charge in [0.1, 0.15) is 0 Å². The van der Waals surface area contributed by atoms with E-state index >= 15 is 0 Å². The zero-order valence-electron chi connectivity index (χ0n) is 12.8. The van der Waals surface area contributed by atoms with Crippen LogP contribution in [0, 0.1) is 10.1 Å². The molecule has 0 aliphatic carbocycles. The predicted molar refractivity (Wildman–Crippen MR) is 105 cm³/mol. The lowest BCUT2D eigenvalue weighted by molar-refractivity contribution is -0.386. The van der Waals surface area contributed by atoms with Gasteiger partial charge in [0.25, 0.3) is 5.91 Å². The first kappa shape index (κ1) is 18.4. The first-order chi connectivity index (χ1) is 12.3. The molecular weight excluding hydrogens is 446 g/mol. The number of amidine groups is 1. The minimum absolute atomic E-state index is 0.159. The molecule has 0 unspecified atom stereocenters. The molecule has 0 atom stereocenters. The highest BCUT2D eigenvalue weighted by atomic mass is 79.9. The van der Waals surface area contributed by atoms with Gasteiger partial charge in [0, 0.05) is 6.07 Å². The molecular formula is C16H9BrClN3O4S. The number of amides is 1. The number of aromatic hydroxyl groups is 1. The number of aliphatic imine (C=N–C) groups is 1. The van der Waals surface area contributed by atoms with Gasteiger partial charge in [-0.15, -0.1) is 0 Å². The number of rotatable bonds is 3. The fourth-order valence-corrected chi connectivity index (χ4v) is 3.59. The van der Waals surface area contributed by atoms with Gasteiger partial charge in [0.2, 0.25) is 5.75 Å². The van der Waals surface area contributed by atoms with E-state index in [1.54, 1.807) is 24.3 Å². The molecule has 1 heterocycles. The molecule has 10 heteroatoms. The van der Waals surface area contributed by atoms with E-state index < -0.39 is 16.4 Å². The maximum atomic E-state index is 12.1. The second-order valence-electron chi connectivity index (χ2n) is 5.06. The SMILES string of the molecule is O=C1NC(=Nc2ccccc2Cl)S/C1=C/c1cc(Br)c(O)c([N+](=O)[O-])c1. The van der Waals surface area contributed by atoms with Crippen molar-refractivity contribution in [3.05, 3.63) is 66.5 Å². The third-order valence-electron chi connectivity index (χ3n) is 3.29. The van der Waals surface area contributed by atoms with Crippen LogP contribution in [-0.4, -0.2) is 21.1 Å². The highest BCUT2D eigenvalue weighted by Gasteiger charge is 2.25. The summed E-state index contributed by atoms with van der Waals surface area (Å²) in [5, 5.41) is 24.1. The molecule has 1 aliphatic heterocycles. The Morgan fingerprint density at radius 2 is 2.08 bits per heavy atom. The molecule has 0 radical (unpaired) electrons. The average molecular weight is 455 g/mol. The summed E-state index contributed by atoms with van der Waals surface area (Å²) in [6.07, 6.45) is 1.48. The number of nitrogens with zero attached hydrogens (tertiary/aromatic N) is 2. The van der Waals surface area contributed by atoms with Crippen LogP contribution in [0.25, 0.3) is 6.08 Å². The van der Waals surface area contributed by atoms with Gasteiger partial charge in [-0.25, -0.2) is 4.99 Å². The number of hydrogen-bond acceptors (Lipinski definition) is 6. The minimum Gasteiger partial charge on any atom is -0.501 e. The third-order valence-corrected chi connectivity index (χ3v) is 5.12. The number of hydrogen-bond donors (Lipinski definition) is 2. The van der Waals surface area contributed by atoms with Crippen molar-refractivity contribution in [3.8, 4) is 5.75 Å². The van der Waals surface area contributed by atoms with Crippen LogP contribution in [0.2, 0.25) is 5.02 Å². The van der Waals surface area contributed by atoms with Crippen LogP contribution in [0.15, 0.2) is 50.8 Å². The fourth-order valence-electron chi connectivity index (χ4n) is 2.11. The van der Waals surface area contributed by atoms with Crippen LogP contribution in [0.1, 0.15) is 5.56 Å². The minimum atomic E-state index is -0.700. The van der Waals surface area contributed by atoms with Gasteiger partial charge in [0.05, 0.1) is 25.0 Å². The summed E-state index contributed by atoms with van der Waals surface area (Å²) >= 11 is 10.2. The number of carbonyl (C=O) groups excluding carboxylic acids is 1. The Morgan fingerprint density at radius 1 is 1.35 bits per heavy atom. The molecule has 26 heavy (non-hydrogen) atoms. The van der Waals surface area contributed by atoms with Crippen LogP contribution in [-0.2, 0) is 4.79 Å². The molecule has 132 valence electrons. The Morgan fingerprint density at radius 3 is 2.77 bits per heavy atom. The van der Waals surface area contributed by atoms with Crippen molar-refractivity contribution in [2.24, 2.45) is 4.99 Å². The molecule has 1 saturated heterocycles. The summed E-state index contributed by atoms with van der Waals surface area (Å²) in [5.41, 5.74) is 0.443. The Kier molecular flexibility index (Phi) is 5.30. The zero-order chi connectivity index (χ0) is 18.8. The van der Waals surface area contributed by atoms with Crippen LogP contribution < -0.4 is 5.32 Å². The highest BCUT2D eigenvalue weighted by Crippen LogP contribution is 2.37. The van der Waals surface area contributed by atoms with E-state index in [0.29, 0.717) is 26.3 Å². The molecule has 0 aromatic heterocycles. The maximum absolute atomic E-state index is 12.1. The van der Waals surface area contributed by atoms with E-state index in [2.05, 4.69) is 26.2 Å². The number of nitro groups is 1. The number of nitrogens with one attached hydrogen (secondary N) is 1. The van der Waals surface area contributed by atoms with E-state index in [1.807, 2.05) is 0 Å². The van der Waals surface area contributed by atoms with Crippen molar-refractivity contribution in [1.29, 1.82) is 0 Å². The quantitative estimate of drug-likeness (QED) is 0.400. The summed E-state index contributed by atoms with van der Waals surface area (Å²) in [5.74, 6) is -0.852. The summed E-state index contributed by atoms with van der Waals surface area (Å²) < 4.78 is 0.159. The lowest BCUT2D eigenvalue weighted by Crippen LogP contribution is -2.19. The smallest absolute Gasteiger partial charge is 0.312 e. The topological polar surface area (TPSA) is 105 Å². The van der Waals surface area contributed by atoms with Crippen molar-refractivity contribution in [2.75, 3.05) is 0 Å². The number of nitro benzene ring substituents is 1. The van der Waals surface area contributed by atoms with Gasteiger partial charge in [0.15, 0.2) is 5.17 Å². The highest BCUT2D eigenvalue weighted by molar-refractivity contribution is 9.10. The Balaban J connectivity index is 1.92. The second kappa shape index (κ2) is 7.48. The molecule has 0 spiro atoms. The second-order valence-corrected chi connectivity index (χ2v) is 7.35. The Labute approximate surface area is 165 Å². The Bertz CT molecular complexity index is 993. The fraction of sp³-hybridized carbons (Fsp3) is 0. The van der Waals surface area contributed by atoms with Crippen molar-refractivity contribution >= 4 is 67.8 Å². The van der Waals surface area contributed by atoms with Crippen LogP contribution in [0.4, 0.5) is 11.4 Å². The number of phenols is 1. The maximum Gasteiger partial charge on any atom is 0.312 e. The lowest BCUT2D eigenvalue weighted by atomic mass is 10.1. The van der Waals surface area contributed by atoms with Crippen LogP contribution in [0.3, 0.4) is 0 Å². The van der Waals surface area contributed by atoms with Gasteiger partial charge in [-0.1, -0.05) is 23.7 Å². The summed E-state index contributed by atoms with van der Waals surface area (Å²) in [6.45, 7) is 0. The third kappa shape index (κ3) is 3.90. The Hall–Kier alpha value is -2.36.